The van der Waals surface area contributed by atoms with Gasteiger partial charge in [0, 0.05) is 17.4 Å². The van der Waals surface area contributed by atoms with Gasteiger partial charge in [-0.2, -0.15) is 5.26 Å². The maximum atomic E-state index is 9.95. The predicted molar refractivity (Wildman–Crippen MR) is 53.5 cm³/mol. The molecule has 3 unspecified atom stereocenters. The van der Waals surface area contributed by atoms with Crippen LogP contribution < -0.4 is 0 Å². The van der Waals surface area contributed by atoms with E-state index in [-0.39, 0.29) is 11.5 Å². The van der Waals surface area contributed by atoms with Gasteiger partial charge < -0.3 is 5.11 Å². The summed E-state index contributed by atoms with van der Waals surface area (Å²) in [6, 6.07) is 2.64. The molecule has 0 bridgehead atoms. The first kappa shape index (κ1) is 9.95. The number of aliphatic hydroxyl groups excluding tert-OH is 1. The van der Waals surface area contributed by atoms with Crippen LogP contribution in [0.15, 0.2) is 0 Å². The number of nitriles is 1. The molecule has 14 heavy (non-hydrogen) atoms. The van der Waals surface area contributed by atoms with Gasteiger partial charge in [-0.1, -0.05) is 13.8 Å². The molecule has 0 spiro atoms. The Morgan fingerprint density at radius 3 is 2.93 bits per heavy atom. The summed E-state index contributed by atoms with van der Waals surface area (Å²) in [7, 11) is 0. The van der Waals surface area contributed by atoms with Crippen molar-refractivity contribution in [1.29, 1.82) is 5.26 Å². The van der Waals surface area contributed by atoms with E-state index >= 15 is 0 Å². The van der Waals surface area contributed by atoms with Gasteiger partial charge in [-0.3, -0.25) is 4.90 Å². The summed E-state index contributed by atoms with van der Waals surface area (Å²) in [5.41, 5.74) is -0.0259. The Balaban J connectivity index is 2.13. The van der Waals surface area contributed by atoms with Crippen LogP contribution in [0.2, 0.25) is 0 Å². The molecular formula is C11H18N2O. The summed E-state index contributed by atoms with van der Waals surface area (Å²) >= 11 is 0. The van der Waals surface area contributed by atoms with Crippen LogP contribution in [0.1, 0.15) is 26.7 Å². The number of hydrogen-bond donors (Lipinski definition) is 1. The number of hydrogen-bond acceptors (Lipinski definition) is 3. The maximum Gasteiger partial charge on any atom is 0.0868 e. The van der Waals surface area contributed by atoms with Crippen LogP contribution in [0.25, 0.3) is 0 Å². The smallest absolute Gasteiger partial charge is 0.0868 e. The molecule has 3 heteroatoms. The van der Waals surface area contributed by atoms with E-state index in [0.29, 0.717) is 18.5 Å². The van der Waals surface area contributed by atoms with Crippen LogP contribution in [-0.4, -0.2) is 35.2 Å². The second-order valence-corrected chi connectivity index (χ2v) is 5.15. The van der Waals surface area contributed by atoms with E-state index in [9.17, 15) is 5.11 Å². The molecule has 0 aromatic carbocycles. The van der Waals surface area contributed by atoms with Crippen molar-refractivity contribution in [2.24, 2.45) is 11.3 Å². The van der Waals surface area contributed by atoms with Gasteiger partial charge in [0.2, 0.25) is 0 Å². The maximum absolute atomic E-state index is 9.95. The van der Waals surface area contributed by atoms with Crippen LogP contribution >= 0.6 is 0 Å². The summed E-state index contributed by atoms with van der Waals surface area (Å²) in [6.07, 6.45) is 2.07. The normalized spacial score (nSPS) is 40.9. The zero-order valence-corrected chi connectivity index (χ0v) is 8.90. The van der Waals surface area contributed by atoms with E-state index in [1.54, 1.807) is 0 Å². The van der Waals surface area contributed by atoms with E-state index in [2.05, 4.69) is 24.8 Å². The molecule has 1 heterocycles. The second-order valence-electron chi connectivity index (χ2n) is 5.15. The number of fused-ring (bicyclic) bond motifs is 1. The highest BCUT2D eigenvalue weighted by atomic mass is 16.3. The van der Waals surface area contributed by atoms with Crippen molar-refractivity contribution in [2.75, 3.05) is 13.1 Å². The quantitative estimate of drug-likeness (QED) is 0.633. The fraction of sp³-hybridized carbons (Fsp3) is 0.909. The third-order valence-electron chi connectivity index (χ3n) is 3.99. The lowest BCUT2D eigenvalue weighted by Gasteiger charge is -2.62. The molecule has 2 fully saturated rings. The Labute approximate surface area is 85.3 Å². The third kappa shape index (κ3) is 1.18. The number of rotatable bonds is 1. The molecule has 3 atom stereocenters. The molecule has 3 nitrogen and oxygen atoms in total. The van der Waals surface area contributed by atoms with E-state index in [1.807, 2.05) is 0 Å². The molecule has 1 aliphatic heterocycles. The van der Waals surface area contributed by atoms with Gasteiger partial charge in [-0.05, 0) is 19.4 Å². The molecule has 0 aromatic heterocycles. The Morgan fingerprint density at radius 2 is 2.29 bits per heavy atom. The summed E-state index contributed by atoms with van der Waals surface area (Å²) in [5, 5.41) is 18.7. The van der Waals surface area contributed by atoms with Crippen molar-refractivity contribution in [1.82, 2.24) is 4.90 Å². The first-order chi connectivity index (χ1) is 6.59. The van der Waals surface area contributed by atoms with Gasteiger partial charge in [0.25, 0.3) is 0 Å². The second kappa shape index (κ2) is 3.22. The minimum absolute atomic E-state index is 0.0259. The minimum Gasteiger partial charge on any atom is -0.392 e. The summed E-state index contributed by atoms with van der Waals surface area (Å²) < 4.78 is 0. The van der Waals surface area contributed by atoms with Crippen molar-refractivity contribution in [3.8, 4) is 6.07 Å². The molecule has 1 N–H and O–H groups in total. The zero-order valence-electron chi connectivity index (χ0n) is 8.90. The Morgan fingerprint density at radius 1 is 1.57 bits per heavy atom. The van der Waals surface area contributed by atoms with E-state index in [1.165, 1.54) is 0 Å². The molecule has 1 saturated heterocycles. The topological polar surface area (TPSA) is 47.3 Å². The van der Waals surface area contributed by atoms with Crippen LogP contribution in [-0.2, 0) is 0 Å². The van der Waals surface area contributed by atoms with Crippen LogP contribution in [0.5, 0.6) is 0 Å². The monoisotopic (exact) mass is 194 g/mol. The molecule has 2 rings (SSSR count). The number of likely N-dealkylation sites (tertiary alicyclic amines) is 1. The predicted octanol–water partition coefficient (Wildman–Crippen LogP) is 0.991. The highest BCUT2D eigenvalue weighted by molar-refractivity contribution is 5.11. The van der Waals surface area contributed by atoms with Crippen molar-refractivity contribution in [3.05, 3.63) is 0 Å². The van der Waals surface area contributed by atoms with Gasteiger partial charge in [0.15, 0.2) is 0 Å². The highest BCUT2D eigenvalue weighted by Crippen LogP contribution is 2.52. The Hall–Kier alpha value is -0.590. The summed E-state index contributed by atoms with van der Waals surface area (Å²) in [5.74, 6) is 0.409. The molecule has 2 aliphatic rings. The average Bonchev–Trinajstić information content (AvgIpc) is 2.17. The van der Waals surface area contributed by atoms with Crippen LogP contribution in [0, 0.1) is 22.7 Å². The molecule has 1 saturated carbocycles. The Bertz CT molecular complexity index is 269. The summed E-state index contributed by atoms with van der Waals surface area (Å²) in [4.78, 5) is 2.24. The number of nitrogens with zero attached hydrogens (tertiary/aromatic N) is 2. The lowest BCUT2D eigenvalue weighted by Crippen LogP contribution is -2.70. The number of aliphatic hydroxyl groups is 1. The lowest BCUT2D eigenvalue weighted by molar-refractivity contribution is -0.189. The largest absolute Gasteiger partial charge is 0.392 e. The fourth-order valence-electron chi connectivity index (χ4n) is 3.33. The van der Waals surface area contributed by atoms with Gasteiger partial charge in [-0.15, -0.1) is 0 Å². The van der Waals surface area contributed by atoms with Crippen LogP contribution in [0.3, 0.4) is 0 Å². The zero-order chi connectivity index (χ0) is 10.3. The van der Waals surface area contributed by atoms with Crippen molar-refractivity contribution >= 4 is 0 Å². The highest BCUT2D eigenvalue weighted by Gasteiger charge is 2.58. The molecule has 78 valence electrons. The van der Waals surface area contributed by atoms with Crippen molar-refractivity contribution < 1.29 is 5.11 Å². The van der Waals surface area contributed by atoms with Gasteiger partial charge in [-0.25, -0.2) is 0 Å². The minimum atomic E-state index is -0.172. The molecule has 0 aromatic rings. The molecular weight excluding hydrogens is 176 g/mol. The van der Waals surface area contributed by atoms with Crippen molar-refractivity contribution in [3.63, 3.8) is 0 Å². The summed E-state index contributed by atoms with van der Waals surface area (Å²) in [6.45, 7) is 5.74. The van der Waals surface area contributed by atoms with E-state index < -0.39 is 0 Å². The van der Waals surface area contributed by atoms with Gasteiger partial charge in [0.1, 0.15) is 0 Å². The Kier molecular flexibility index (Phi) is 2.29. The first-order valence-electron chi connectivity index (χ1n) is 5.38. The van der Waals surface area contributed by atoms with Crippen LogP contribution in [0.4, 0.5) is 0 Å². The lowest BCUT2D eigenvalue weighted by atomic mass is 9.54. The van der Waals surface area contributed by atoms with Crippen molar-refractivity contribution in [2.45, 2.75) is 38.8 Å². The SMILES string of the molecule is CC1(C)C(O)C2CCCN(CC#N)C21. The van der Waals surface area contributed by atoms with E-state index in [0.717, 1.165) is 19.4 Å². The molecule has 1 aliphatic carbocycles. The first-order valence-corrected chi connectivity index (χ1v) is 5.38. The number of piperidine rings is 1. The standard InChI is InChI=1S/C11H18N2O/c1-11(2)9-8(10(11)14)4-3-6-13(9)7-5-12/h8-10,14H,3-4,6-7H2,1-2H3. The van der Waals surface area contributed by atoms with Gasteiger partial charge in [0.05, 0.1) is 18.7 Å². The fourth-order valence-corrected chi connectivity index (χ4v) is 3.33. The molecule has 0 radical (unpaired) electrons. The third-order valence-corrected chi connectivity index (χ3v) is 3.99. The van der Waals surface area contributed by atoms with E-state index in [4.69, 9.17) is 5.26 Å². The van der Waals surface area contributed by atoms with Gasteiger partial charge >= 0.3 is 0 Å². The molecule has 0 amide bonds. The average molecular weight is 194 g/mol.